The van der Waals surface area contributed by atoms with Gasteiger partial charge >= 0.3 is 5.97 Å². The van der Waals surface area contributed by atoms with E-state index in [0.717, 1.165) is 32.1 Å². The number of carboxylic acids is 1. The van der Waals surface area contributed by atoms with E-state index in [9.17, 15) is 25.2 Å². The molecule has 0 aromatic carbocycles. The first-order valence-corrected chi connectivity index (χ1v) is 13.9. The maximum absolute atomic E-state index is 12.5. The van der Waals surface area contributed by atoms with Crippen LogP contribution in [0.2, 0.25) is 0 Å². The maximum Gasteiger partial charge on any atom is 0.303 e. The molecule has 5 nitrogen and oxygen atoms in total. The predicted molar refractivity (Wildman–Crippen MR) is 133 cm³/mol. The molecule has 34 heavy (non-hydrogen) atoms. The molecule has 3 unspecified atom stereocenters. The van der Waals surface area contributed by atoms with E-state index < -0.39 is 17.7 Å². The SMILES string of the molecule is C[C@H](CCC(=O)O)[C@H]1CCC2C3C(C[C@H](O)[C@@]21C)[C@@]1(C)CC[C@@H](O)C[C@H]1[C@@H](C(C)(C)C)[C@@]3(C)O. The van der Waals surface area contributed by atoms with Crippen molar-refractivity contribution in [2.24, 2.45) is 57.7 Å². The third-order valence-electron chi connectivity index (χ3n) is 11.8. The van der Waals surface area contributed by atoms with Gasteiger partial charge in [0.2, 0.25) is 0 Å². The molecule has 12 atom stereocenters. The Morgan fingerprint density at radius 2 is 1.65 bits per heavy atom. The van der Waals surface area contributed by atoms with E-state index in [1.165, 1.54) is 0 Å². The molecule has 5 heteroatoms. The molecular formula is C29H50O5. The summed E-state index contributed by atoms with van der Waals surface area (Å²) in [4.78, 5) is 11.2. The molecule has 196 valence electrons. The summed E-state index contributed by atoms with van der Waals surface area (Å²) < 4.78 is 0. The molecule has 0 aromatic heterocycles. The maximum atomic E-state index is 12.5. The summed E-state index contributed by atoms with van der Waals surface area (Å²) >= 11 is 0. The van der Waals surface area contributed by atoms with Crippen molar-refractivity contribution >= 4 is 5.97 Å². The molecule has 0 spiro atoms. The van der Waals surface area contributed by atoms with Crippen molar-refractivity contribution in [2.45, 2.75) is 118 Å². The summed E-state index contributed by atoms with van der Waals surface area (Å²) in [7, 11) is 0. The topological polar surface area (TPSA) is 98.0 Å². The Morgan fingerprint density at radius 3 is 2.24 bits per heavy atom. The number of carboxylic acid groups (broad SMARTS) is 1. The first kappa shape index (κ1) is 26.4. The number of aliphatic hydroxyl groups is 3. The van der Waals surface area contributed by atoms with Crippen molar-refractivity contribution in [3.05, 3.63) is 0 Å². The smallest absolute Gasteiger partial charge is 0.303 e. The number of hydrogen-bond donors (Lipinski definition) is 4. The summed E-state index contributed by atoms with van der Waals surface area (Å²) in [6.45, 7) is 15.6. The van der Waals surface area contributed by atoms with E-state index in [4.69, 9.17) is 0 Å². The number of aliphatic carboxylic acids is 1. The van der Waals surface area contributed by atoms with Crippen molar-refractivity contribution in [1.29, 1.82) is 0 Å². The molecule has 0 aliphatic heterocycles. The molecule has 4 rings (SSSR count). The van der Waals surface area contributed by atoms with Crippen LogP contribution in [0.15, 0.2) is 0 Å². The minimum Gasteiger partial charge on any atom is -0.481 e. The molecule has 4 aliphatic carbocycles. The fourth-order valence-electron chi connectivity index (χ4n) is 10.6. The van der Waals surface area contributed by atoms with Gasteiger partial charge in [0.1, 0.15) is 0 Å². The van der Waals surface area contributed by atoms with Gasteiger partial charge in [0, 0.05) is 6.42 Å². The normalized spacial score (nSPS) is 51.8. The lowest BCUT2D eigenvalue weighted by atomic mass is 9.36. The summed E-state index contributed by atoms with van der Waals surface area (Å²) in [5, 5.41) is 44.2. The van der Waals surface area contributed by atoms with Crippen molar-refractivity contribution in [1.82, 2.24) is 0 Å². The van der Waals surface area contributed by atoms with Gasteiger partial charge in [-0.2, -0.15) is 0 Å². The lowest BCUT2D eigenvalue weighted by Gasteiger charge is -2.70. The van der Waals surface area contributed by atoms with Crippen LogP contribution >= 0.6 is 0 Å². The highest BCUT2D eigenvalue weighted by molar-refractivity contribution is 5.66. The fraction of sp³-hybridized carbons (Fsp3) is 0.966. The van der Waals surface area contributed by atoms with Crippen molar-refractivity contribution < 1.29 is 25.2 Å². The standard InChI is InChI=1S/C29H50O5/c1-16(8-11-23(32)33)18-9-10-19-24-20(15-22(31)28(18,19)6)27(5)13-12-17(30)14-21(27)25(26(2,3)4)29(24,7)34/h16-22,24-25,30-31,34H,8-15H2,1-7H3,(H,32,33)/t16-,17-,18-,19?,20?,21+,22+,24?,25+,27-,28-,29+/m1/s1. The molecule has 0 amide bonds. The van der Waals surface area contributed by atoms with Crippen molar-refractivity contribution in [3.63, 3.8) is 0 Å². The molecule has 0 bridgehead atoms. The van der Waals surface area contributed by atoms with Crippen LogP contribution in [-0.2, 0) is 4.79 Å². The van der Waals surface area contributed by atoms with Gasteiger partial charge in [-0.3, -0.25) is 4.79 Å². The summed E-state index contributed by atoms with van der Waals surface area (Å²) in [6.07, 6.45) is 5.27. The third kappa shape index (κ3) is 3.78. The van der Waals surface area contributed by atoms with E-state index in [1.807, 2.05) is 0 Å². The molecule has 0 radical (unpaired) electrons. The van der Waals surface area contributed by atoms with E-state index in [-0.39, 0.29) is 70.2 Å². The lowest BCUT2D eigenvalue weighted by Crippen LogP contribution is -2.70. The van der Waals surface area contributed by atoms with E-state index >= 15 is 0 Å². The molecule has 4 N–H and O–H groups in total. The second kappa shape index (κ2) is 8.45. The second-order valence-corrected chi connectivity index (χ2v) is 14.6. The number of carbonyl (C=O) groups is 1. The Kier molecular flexibility index (Phi) is 6.56. The zero-order valence-corrected chi connectivity index (χ0v) is 22.6. The Labute approximate surface area is 206 Å². The Balaban J connectivity index is 1.77. The van der Waals surface area contributed by atoms with Crippen LogP contribution < -0.4 is 0 Å². The van der Waals surface area contributed by atoms with Gasteiger partial charge < -0.3 is 20.4 Å². The highest BCUT2D eigenvalue weighted by Crippen LogP contribution is 2.72. The molecular weight excluding hydrogens is 428 g/mol. The van der Waals surface area contributed by atoms with E-state index in [2.05, 4.69) is 48.5 Å². The zero-order valence-electron chi connectivity index (χ0n) is 22.6. The molecule has 4 saturated carbocycles. The van der Waals surface area contributed by atoms with Crippen LogP contribution in [0.25, 0.3) is 0 Å². The predicted octanol–water partition coefficient (Wildman–Crippen LogP) is 5.11. The second-order valence-electron chi connectivity index (χ2n) is 14.6. The summed E-state index contributed by atoms with van der Waals surface area (Å²) in [5.74, 6) is 0.631. The van der Waals surface area contributed by atoms with Gasteiger partial charge in [0.25, 0.3) is 0 Å². The van der Waals surface area contributed by atoms with Gasteiger partial charge in [-0.25, -0.2) is 0 Å². The van der Waals surface area contributed by atoms with Crippen LogP contribution in [0.5, 0.6) is 0 Å². The van der Waals surface area contributed by atoms with Crippen LogP contribution in [0.4, 0.5) is 0 Å². The largest absolute Gasteiger partial charge is 0.481 e. The summed E-state index contributed by atoms with van der Waals surface area (Å²) in [6, 6.07) is 0. The Bertz CT molecular complexity index is 786. The van der Waals surface area contributed by atoms with Gasteiger partial charge in [0.05, 0.1) is 17.8 Å². The first-order valence-electron chi connectivity index (χ1n) is 13.9. The lowest BCUT2D eigenvalue weighted by molar-refractivity contribution is -0.278. The average molecular weight is 479 g/mol. The van der Waals surface area contributed by atoms with Crippen molar-refractivity contribution in [2.75, 3.05) is 0 Å². The van der Waals surface area contributed by atoms with E-state index in [1.54, 1.807) is 0 Å². The molecule has 0 heterocycles. The molecule has 4 fully saturated rings. The van der Waals surface area contributed by atoms with Gasteiger partial charge in [-0.1, -0.05) is 41.5 Å². The van der Waals surface area contributed by atoms with Crippen LogP contribution in [-0.4, -0.2) is 44.2 Å². The number of hydrogen-bond acceptors (Lipinski definition) is 4. The highest BCUT2D eigenvalue weighted by Gasteiger charge is 2.71. The van der Waals surface area contributed by atoms with Crippen LogP contribution in [0.3, 0.4) is 0 Å². The summed E-state index contributed by atoms with van der Waals surface area (Å²) in [5.41, 5.74) is -1.28. The monoisotopic (exact) mass is 478 g/mol. The van der Waals surface area contributed by atoms with E-state index in [0.29, 0.717) is 12.8 Å². The molecule has 0 saturated heterocycles. The average Bonchev–Trinajstić information content (AvgIpc) is 3.05. The van der Waals surface area contributed by atoms with Gasteiger partial charge in [-0.05, 0) is 110 Å². The van der Waals surface area contributed by atoms with Gasteiger partial charge in [0.15, 0.2) is 0 Å². The molecule has 0 aromatic rings. The minimum atomic E-state index is -0.880. The number of aliphatic hydroxyl groups excluding tert-OH is 2. The van der Waals surface area contributed by atoms with Crippen LogP contribution in [0, 0.1) is 57.7 Å². The van der Waals surface area contributed by atoms with Crippen molar-refractivity contribution in [3.8, 4) is 0 Å². The quantitative estimate of drug-likeness (QED) is 0.450. The Morgan fingerprint density at radius 1 is 1.00 bits per heavy atom. The highest BCUT2D eigenvalue weighted by atomic mass is 16.4. The number of rotatable bonds is 4. The van der Waals surface area contributed by atoms with Gasteiger partial charge in [-0.15, -0.1) is 0 Å². The molecule has 4 aliphatic rings. The first-order chi connectivity index (χ1) is 15.6. The van der Waals surface area contributed by atoms with Crippen LogP contribution in [0.1, 0.15) is 99.8 Å². The zero-order chi connectivity index (χ0) is 25.4. The fourth-order valence-corrected chi connectivity index (χ4v) is 10.6. The Hall–Kier alpha value is -0.650. The number of fused-ring (bicyclic) bond motifs is 5. The third-order valence-corrected chi connectivity index (χ3v) is 11.8. The minimum absolute atomic E-state index is 0.000592.